The van der Waals surface area contributed by atoms with Crippen molar-refractivity contribution in [2.24, 2.45) is 0 Å². The van der Waals surface area contributed by atoms with Gasteiger partial charge in [0.25, 0.3) is 0 Å². The Kier molecular flexibility index (Phi) is 3.34. The third-order valence-electron chi connectivity index (χ3n) is 1.72. The molecule has 12 heavy (non-hydrogen) atoms. The van der Waals surface area contributed by atoms with Crippen LogP contribution in [0.4, 0.5) is 0 Å². The van der Waals surface area contributed by atoms with Gasteiger partial charge in [-0.25, -0.2) is 0 Å². The van der Waals surface area contributed by atoms with Gasteiger partial charge in [0.15, 0.2) is 0 Å². The van der Waals surface area contributed by atoms with E-state index >= 15 is 0 Å². The van der Waals surface area contributed by atoms with Gasteiger partial charge >= 0.3 is 0 Å². The third kappa shape index (κ3) is 2.39. The third-order valence-corrected chi connectivity index (χ3v) is 1.72. The molecule has 0 saturated heterocycles. The van der Waals surface area contributed by atoms with Gasteiger partial charge in [0, 0.05) is 0 Å². The Balaban J connectivity index is 2.77. The number of hydrogen-bond acceptors (Lipinski definition) is 0. The van der Waals surface area contributed by atoms with Crippen LogP contribution < -0.4 is 0 Å². The molecule has 0 atom stereocenters. The summed E-state index contributed by atoms with van der Waals surface area (Å²) in [4.78, 5) is 0. The number of allylic oxidation sites excluding steroid dienone is 2. The summed E-state index contributed by atoms with van der Waals surface area (Å²) in [5, 5.41) is 0. The molecule has 0 bridgehead atoms. The van der Waals surface area contributed by atoms with Crippen molar-refractivity contribution in [2.45, 2.75) is 13.3 Å². The number of hydrogen-bond donors (Lipinski definition) is 0. The fourth-order valence-electron chi connectivity index (χ4n) is 1.12. The van der Waals surface area contributed by atoms with Crippen LogP contribution in [0.1, 0.15) is 18.1 Å². The molecular weight excluding hydrogens is 144 g/mol. The van der Waals surface area contributed by atoms with Crippen LogP contribution in [0, 0.1) is 0 Å². The maximum atomic E-state index is 3.70. The Morgan fingerprint density at radius 1 is 1.25 bits per heavy atom. The van der Waals surface area contributed by atoms with Crippen LogP contribution in [-0.2, 0) is 6.42 Å². The molecule has 0 amide bonds. The quantitative estimate of drug-likeness (QED) is 0.591. The highest BCUT2D eigenvalue weighted by atomic mass is 13.9. The number of benzene rings is 1. The molecule has 1 aromatic rings. The summed E-state index contributed by atoms with van der Waals surface area (Å²) in [6.07, 6.45) is 7.01. The second-order valence-corrected chi connectivity index (χ2v) is 2.73. The van der Waals surface area contributed by atoms with Gasteiger partial charge in [-0.1, -0.05) is 42.5 Å². The van der Waals surface area contributed by atoms with Gasteiger partial charge in [0.2, 0.25) is 0 Å². The van der Waals surface area contributed by atoms with Crippen molar-refractivity contribution in [3.05, 3.63) is 54.1 Å². The molecule has 0 heterocycles. The molecule has 0 aliphatic heterocycles. The molecule has 0 N–H and O–H groups in total. The fraction of sp³-hybridized carbons (Fsp3) is 0.167. The Labute approximate surface area is 74.2 Å². The average Bonchev–Trinajstić information content (AvgIpc) is 2.09. The molecule has 0 spiro atoms. The van der Waals surface area contributed by atoms with E-state index in [0.717, 1.165) is 6.42 Å². The summed E-state index contributed by atoms with van der Waals surface area (Å²) in [6, 6.07) is 8.52. The Morgan fingerprint density at radius 3 is 2.42 bits per heavy atom. The maximum Gasteiger partial charge on any atom is -0.0100 e. The molecule has 1 rings (SSSR count). The van der Waals surface area contributed by atoms with Gasteiger partial charge in [0.05, 0.1) is 0 Å². The summed E-state index contributed by atoms with van der Waals surface area (Å²) >= 11 is 0. The lowest BCUT2D eigenvalue weighted by Crippen LogP contribution is -1.79. The van der Waals surface area contributed by atoms with Crippen molar-refractivity contribution in [3.63, 3.8) is 0 Å². The van der Waals surface area contributed by atoms with Crippen LogP contribution in [-0.4, -0.2) is 0 Å². The van der Waals surface area contributed by atoms with Crippen LogP contribution >= 0.6 is 0 Å². The van der Waals surface area contributed by atoms with Crippen molar-refractivity contribution < 1.29 is 0 Å². The van der Waals surface area contributed by atoms with E-state index in [0.29, 0.717) is 0 Å². The van der Waals surface area contributed by atoms with Crippen LogP contribution in [0.25, 0.3) is 6.08 Å². The molecule has 1 aromatic carbocycles. The zero-order valence-corrected chi connectivity index (χ0v) is 7.46. The summed E-state index contributed by atoms with van der Waals surface area (Å²) in [6.45, 7) is 5.73. The molecule has 62 valence electrons. The fourth-order valence-corrected chi connectivity index (χ4v) is 1.12. The average molecular weight is 158 g/mol. The maximum absolute atomic E-state index is 3.70. The van der Waals surface area contributed by atoms with Crippen molar-refractivity contribution in [1.82, 2.24) is 0 Å². The van der Waals surface area contributed by atoms with Gasteiger partial charge in [-0.3, -0.25) is 0 Å². The Hall–Kier alpha value is -1.30. The first kappa shape index (κ1) is 8.79. The van der Waals surface area contributed by atoms with E-state index in [4.69, 9.17) is 0 Å². The van der Waals surface area contributed by atoms with Crippen molar-refractivity contribution in [1.29, 1.82) is 0 Å². The lowest BCUT2D eigenvalue weighted by Gasteiger charge is -1.96. The first-order chi connectivity index (χ1) is 5.86. The van der Waals surface area contributed by atoms with Crippen molar-refractivity contribution >= 4 is 6.08 Å². The minimum Gasteiger partial charge on any atom is -0.103 e. The van der Waals surface area contributed by atoms with E-state index in [-0.39, 0.29) is 0 Å². The highest BCUT2D eigenvalue weighted by Gasteiger charge is 1.88. The monoisotopic (exact) mass is 158 g/mol. The second kappa shape index (κ2) is 4.55. The predicted octanol–water partition coefficient (Wildman–Crippen LogP) is 3.45. The molecule has 0 fully saturated rings. The minimum atomic E-state index is 0.954. The van der Waals surface area contributed by atoms with Crippen molar-refractivity contribution in [2.75, 3.05) is 0 Å². The Morgan fingerprint density at radius 2 is 1.92 bits per heavy atom. The van der Waals surface area contributed by atoms with E-state index in [1.54, 1.807) is 0 Å². The van der Waals surface area contributed by atoms with Gasteiger partial charge in [-0.05, 0) is 24.5 Å². The molecule has 0 aromatic heterocycles. The van der Waals surface area contributed by atoms with E-state index in [1.165, 1.54) is 11.1 Å². The molecule has 0 nitrogen and oxygen atoms in total. The van der Waals surface area contributed by atoms with E-state index in [2.05, 4.69) is 36.9 Å². The zero-order valence-electron chi connectivity index (χ0n) is 7.46. The molecule has 0 aliphatic carbocycles. The zero-order chi connectivity index (χ0) is 8.81. The van der Waals surface area contributed by atoms with Crippen LogP contribution in [0.15, 0.2) is 43.0 Å². The largest absolute Gasteiger partial charge is 0.103 e. The van der Waals surface area contributed by atoms with E-state index in [9.17, 15) is 0 Å². The first-order valence-corrected chi connectivity index (χ1v) is 4.19. The molecule has 0 saturated carbocycles. The minimum absolute atomic E-state index is 0.954. The topological polar surface area (TPSA) is 0 Å². The molecule has 0 aliphatic rings. The molecule has 0 heteroatoms. The first-order valence-electron chi connectivity index (χ1n) is 4.19. The lowest BCUT2D eigenvalue weighted by atomic mass is 10.1. The van der Waals surface area contributed by atoms with Gasteiger partial charge in [0.1, 0.15) is 0 Å². The number of rotatable bonds is 3. The molecule has 0 radical (unpaired) electrons. The summed E-state index contributed by atoms with van der Waals surface area (Å²) in [5.41, 5.74) is 2.57. The second-order valence-electron chi connectivity index (χ2n) is 2.73. The van der Waals surface area contributed by atoms with Crippen LogP contribution in [0.3, 0.4) is 0 Å². The van der Waals surface area contributed by atoms with Crippen LogP contribution in [0.2, 0.25) is 0 Å². The SMILES string of the molecule is C=CCc1ccc(C=CC)cc1. The molecular formula is C12H14. The standard InChI is InChI=1S/C12H14/c1-3-5-11-7-9-12(6-4-2)10-8-11/h3-4,6-10H,1,5H2,2H3. The van der Waals surface area contributed by atoms with Gasteiger partial charge in [-0.2, -0.15) is 0 Å². The smallest absolute Gasteiger partial charge is 0.0100 e. The van der Waals surface area contributed by atoms with E-state index < -0.39 is 0 Å². The molecule has 0 unspecified atom stereocenters. The summed E-state index contributed by atoms with van der Waals surface area (Å²) in [5.74, 6) is 0. The van der Waals surface area contributed by atoms with Crippen LogP contribution in [0.5, 0.6) is 0 Å². The predicted molar refractivity (Wildman–Crippen MR) is 55.1 cm³/mol. The van der Waals surface area contributed by atoms with Gasteiger partial charge < -0.3 is 0 Å². The normalized spacial score (nSPS) is 10.4. The lowest BCUT2D eigenvalue weighted by molar-refractivity contribution is 1.28. The van der Waals surface area contributed by atoms with Crippen molar-refractivity contribution in [3.8, 4) is 0 Å². The highest BCUT2D eigenvalue weighted by molar-refractivity contribution is 5.49. The van der Waals surface area contributed by atoms with Gasteiger partial charge in [-0.15, -0.1) is 6.58 Å². The Bertz CT molecular complexity index is 265. The summed E-state index contributed by atoms with van der Waals surface area (Å²) < 4.78 is 0. The van der Waals surface area contributed by atoms with E-state index in [1.807, 2.05) is 19.1 Å². The summed E-state index contributed by atoms with van der Waals surface area (Å²) in [7, 11) is 0. The highest BCUT2D eigenvalue weighted by Crippen LogP contribution is 2.06.